The smallest absolute Gasteiger partial charge is 0.168 e. The summed E-state index contributed by atoms with van der Waals surface area (Å²) in [6.07, 6.45) is 5.44. The second-order valence-electron chi connectivity index (χ2n) is 7.57. The summed E-state index contributed by atoms with van der Waals surface area (Å²) in [5.41, 5.74) is 3.25. The molecule has 1 aromatic carbocycles. The predicted octanol–water partition coefficient (Wildman–Crippen LogP) is 1.82. The van der Waals surface area contributed by atoms with Crippen molar-refractivity contribution in [3.63, 3.8) is 0 Å². The minimum atomic E-state index is -0.574. The van der Waals surface area contributed by atoms with Crippen LogP contribution in [-0.2, 0) is 9.47 Å². The summed E-state index contributed by atoms with van der Waals surface area (Å²) in [5.74, 6) is 2.88. The van der Waals surface area contributed by atoms with Gasteiger partial charge in [0, 0.05) is 35.1 Å². The third kappa shape index (κ3) is 2.97. The van der Waals surface area contributed by atoms with E-state index >= 15 is 0 Å². The van der Waals surface area contributed by atoms with Gasteiger partial charge in [0.15, 0.2) is 23.0 Å². The lowest BCUT2D eigenvalue weighted by Gasteiger charge is -2.39. The number of β-amino-alcohol motifs (C(OH)–C–C–N with tert-alkyl or cyclic N) is 1. The fraction of sp³-hybridized carbons (Fsp3) is 0.478. The molecule has 2 atom stereocenters. The van der Waals surface area contributed by atoms with E-state index in [4.69, 9.17) is 18.9 Å². The Morgan fingerprint density at radius 3 is 2.41 bits per heavy atom. The molecule has 0 aromatic heterocycles. The van der Waals surface area contributed by atoms with Gasteiger partial charge in [0.25, 0.3) is 0 Å². The molecule has 2 aliphatic carbocycles. The molecular weight excluding hydrogens is 370 g/mol. The maximum atomic E-state index is 10.9. The van der Waals surface area contributed by atoms with Gasteiger partial charge in [-0.1, -0.05) is 6.92 Å². The number of nitrogens with zero attached hydrogens (tertiary/aromatic N) is 1. The summed E-state index contributed by atoms with van der Waals surface area (Å²) < 4.78 is 22.6. The van der Waals surface area contributed by atoms with Crippen molar-refractivity contribution in [2.45, 2.75) is 25.9 Å². The number of benzene rings is 1. The van der Waals surface area contributed by atoms with Crippen LogP contribution in [0.2, 0.25) is 0 Å². The van der Waals surface area contributed by atoms with Crippen molar-refractivity contribution in [1.82, 2.24) is 4.90 Å². The number of ether oxygens (including phenoxy) is 4. The first-order chi connectivity index (χ1) is 14.1. The lowest BCUT2D eigenvalue weighted by molar-refractivity contribution is 0.129. The molecule has 29 heavy (non-hydrogen) atoms. The van der Waals surface area contributed by atoms with Crippen LogP contribution in [0.15, 0.2) is 29.7 Å². The molecule has 0 saturated heterocycles. The number of methoxy groups -OCH3 is 4. The molecule has 6 nitrogen and oxygen atoms in total. The summed E-state index contributed by atoms with van der Waals surface area (Å²) in [6, 6.07) is 1.92. The van der Waals surface area contributed by atoms with Gasteiger partial charge in [-0.25, -0.2) is 0 Å². The number of hydrogen-bond acceptors (Lipinski definition) is 6. The fourth-order valence-electron chi connectivity index (χ4n) is 4.80. The summed E-state index contributed by atoms with van der Waals surface area (Å²) in [7, 11) is 6.60. The Kier molecular flexibility index (Phi) is 5.21. The first-order valence-corrected chi connectivity index (χ1v) is 10.0. The lowest BCUT2D eigenvalue weighted by Crippen LogP contribution is -2.49. The van der Waals surface area contributed by atoms with Crippen LogP contribution in [0.1, 0.15) is 31.4 Å². The Morgan fingerprint density at radius 1 is 1.03 bits per heavy atom. The highest BCUT2D eigenvalue weighted by Crippen LogP contribution is 2.39. The molecule has 0 radical (unpaired) electrons. The second-order valence-corrected chi connectivity index (χ2v) is 7.57. The molecule has 0 bridgehead atoms. The van der Waals surface area contributed by atoms with Gasteiger partial charge in [0.2, 0.25) is 0 Å². The van der Waals surface area contributed by atoms with Gasteiger partial charge in [-0.15, -0.1) is 0 Å². The Morgan fingerprint density at radius 2 is 1.79 bits per heavy atom. The van der Waals surface area contributed by atoms with Crippen LogP contribution in [0.5, 0.6) is 11.5 Å². The first kappa shape index (κ1) is 19.7. The Labute approximate surface area is 171 Å². The highest BCUT2D eigenvalue weighted by molar-refractivity contribution is 5.75. The van der Waals surface area contributed by atoms with Crippen LogP contribution in [0.3, 0.4) is 0 Å². The van der Waals surface area contributed by atoms with Gasteiger partial charge in [-0.3, -0.25) is 0 Å². The average Bonchev–Trinajstić information content (AvgIpc) is 2.75. The molecule has 1 unspecified atom stereocenters. The average molecular weight is 399 g/mol. The summed E-state index contributed by atoms with van der Waals surface area (Å²) >= 11 is 0. The molecule has 156 valence electrons. The molecule has 1 N–H and O–H groups in total. The van der Waals surface area contributed by atoms with Gasteiger partial charge in [0.05, 0.1) is 34.5 Å². The Bertz CT molecular complexity index is 1010. The summed E-state index contributed by atoms with van der Waals surface area (Å²) in [5, 5.41) is 13.0. The molecule has 4 rings (SSSR count). The zero-order valence-electron chi connectivity index (χ0n) is 17.7. The normalized spacial score (nSPS) is 22.3. The van der Waals surface area contributed by atoms with E-state index in [1.807, 2.05) is 12.1 Å². The zero-order valence-corrected chi connectivity index (χ0v) is 17.7. The van der Waals surface area contributed by atoms with E-state index in [1.54, 1.807) is 28.4 Å². The highest BCUT2D eigenvalue weighted by atomic mass is 16.5. The van der Waals surface area contributed by atoms with Crippen molar-refractivity contribution < 1.29 is 24.1 Å². The van der Waals surface area contributed by atoms with E-state index in [0.29, 0.717) is 23.8 Å². The molecule has 1 heterocycles. The SMILES string of the molecule is CCCN1C[C@@H](O)c2cc(OC)c(OC)c3c2=C1CC1C=C(OC)C(OC)=CC=31. The largest absolute Gasteiger partial charge is 0.493 e. The van der Waals surface area contributed by atoms with Crippen LogP contribution in [0, 0.1) is 5.92 Å². The molecule has 0 saturated carbocycles. The van der Waals surface area contributed by atoms with Gasteiger partial charge in [-0.05, 0) is 42.2 Å². The van der Waals surface area contributed by atoms with E-state index < -0.39 is 6.10 Å². The number of aliphatic hydroxyl groups excluding tert-OH is 1. The van der Waals surface area contributed by atoms with Crippen LogP contribution >= 0.6 is 0 Å². The van der Waals surface area contributed by atoms with Crippen LogP contribution in [-0.4, -0.2) is 51.5 Å². The van der Waals surface area contributed by atoms with Crippen LogP contribution in [0.4, 0.5) is 0 Å². The second kappa shape index (κ2) is 7.67. The van der Waals surface area contributed by atoms with E-state index in [-0.39, 0.29) is 5.92 Å². The van der Waals surface area contributed by atoms with Gasteiger partial charge < -0.3 is 29.0 Å². The van der Waals surface area contributed by atoms with Gasteiger partial charge in [-0.2, -0.15) is 0 Å². The molecule has 6 heteroatoms. The van der Waals surface area contributed by atoms with Crippen LogP contribution < -0.4 is 19.9 Å². The molecule has 0 spiro atoms. The summed E-state index contributed by atoms with van der Waals surface area (Å²) in [4.78, 5) is 2.31. The third-order valence-corrected chi connectivity index (χ3v) is 6.04. The van der Waals surface area contributed by atoms with Crippen molar-refractivity contribution in [2.24, 2.45) is 5.92 Å². The zero-order chi connectivity index (χ0) is 20.7. The number of aliphatic hydroxyl groups is 1. The number of fused-ring (bicyclic) bond motifs is 1. The van der Waals surface area contributed by atoms with E-state index in [9.17, 15) is 5.11 Å². The molecule has 3 aliphatic rings. The third-order valence-electron chi connectivity index (χ3n) is 6.04. The number of rotatable bonds is 6. The van der Waals surface area contributed by atoms with Gasteiger partial charge >= 0.3 is 0 Å². The summed E-state index contributed by atoms with van der Waals surface area (Å²) in [6.45, 7) is 3.66. The minimum absolute atomic E-state index is 0.134. The highest BCUT2D eigenvalue weighted by Gasteiger charge is 2.35. The van der Waals surface area contributed by atoms with Crippen molar-refractivity contribution in [3.05, 3.63) is 45.7 Å². The molecule has 0 amide bonds. The topological polar surface area (TPSA) is 60.4 Å². The van der Waals surface area contributed by atoms with E-state index in [2.05, 4.69) is 17.9 Å². The lowest BCUT2D eigenvalue weighted by atomic mass is 9.79. The number of allylic oxidation sites excluding steroid dienone is 2. The van der Waals surface area contributed by atoms with Gasteiger partial charge in [0.1, 0.15) is 0 Å². The first-order valence-electron chi connectivity index (χ1n) is 10.0. The molecule has 0 fully saturated rings. The molecular formula is C23H29NO5. The van der Waals surface area contributed by atoms with Crippen molar-refractivity contribution >= 4 is 11.3 Å². The Hall–Kier alpha value is -2.60. The minimum Gasteiger partial charge on any atom is -0.493 e. The maximum absolute atomic E-state index is 10.9. The van der Waals surface area contributed by atoms with Crippen molar-refractivity contribution in [2.75, 3.05) is 41.5 Å². The number of hydrogen-bond donors (Lipinski definition) is 1. The van der Waals surface area contributed by atoms with Crippen molar-refractivity contribution in [1.29, 1.82) is 0 Å². The predicted molar refractivity (Wildman–Crippen MR) is 111 cm³/mol. The molecule has 1 aromatic rings. The maximum Gasteiger partial charge on any atom is 0.168 e. The Balaban J connectivity index is 2.15. The van der Waals surface area contributed by atoms with E-state index in [0.717, 1.165) is 46.7 Å². The van der Waals surface area contributed by atoms with Crippen LogP contribution in [0.25, 0.3) is 11.3 Å². The monoisotopic (exact) mass is 399 g/mol. The fourth-order valence-corrected chi connectivity index (χ4v) is 4.80. The van der Waals surface area contributed by atoms with Crippen molar-refractivity contribution in [3.8, 4) is 11.5 Å². The van der Waals surface area contributed by atoms with E-state index in [1.165, 1.54) is 5.70 Å². The molecule has 1 aliphatic heterocycles. The quantitative estimate of drug-likeness (QED) is 0.788. The standard InChI is InChI=1S/C23H29NO5/c1-6-7-24-12-17(25)15-11-20(28-4)23(29-5)22-14-10-19(27-3)18(26-2)9-13(14)8-16(24)21(15)22/h9-11,13,17,25H,6-8,12H2,1-5H3/t13?,17-/m1/s1.